The van der Waals surface area contributed by atoms with E-state index in [0.717, 1.165) is 28.9 Å². The molecule has 1 aliphatic rings. The number of anilines is 2. The number of rotatable bonds is 1. The third kappa shape index (κ3) is 3.92. The van der Waals surface area contributed by atoms with Crippen LogP contribution >= 0.6 is 0 Å². The molecule has 5 rings (SSSR count). The first-order chi connectivity index (χ1) is 15.2. The van der Waals surface area contributed by atoms with E-state index in [0.29, 0.717) is 29.9 Å². The molecule has 4 aromatic rings. The molecule has 3 aromatic heterocycles. The molecule has 156 valence electrons. The Hall–Kier alpha value is -3.94. The third-order valence-electron chi connectivity index (χ3n) is 5.08. The standard InChI is InChI=1S/C23H22N6O2/c1-15-9-11-30-23-19(14-26-29(23)2)21-25-13-18(16-6-4-3-5-7-16)22(28-21)27-20-12-17(31-15)8-10-24-20/h3-8,10,12-15H,9,11H2,1-2H3,(H,24,25,27,28)/t15-/m0/s1. The number of nitrogens with one attached hydrogen (secondary N) is 1. The molecule has 0 radical (unpaired) electrons. The van der Waals surface area contributed by atoms with E-state index in [-0.39, 0.29) is 6.10 Å². The fraction of sp³-hybridized carbons (Fsp3) is 0.217. The third-order valence-corrected chi connectivity index (χ3v) is 5.08. The van der Waals surface area contributed by atoms with E-state index in [1.165, 1.54) is 0 Å². The van der Waals surface area contributed by atoms with Gasteiger partial charge in [-0.1, -0.05) is 30.3 Å². The lowest BCUT2D eigenvalue weighted by atomic mass is 10.1. The minimum atomic E-state index is -0.0242. The fourth-order valence-electron chi connectivity index (χ4n) is 3.47. The van der Waals surface area contributed by atoms with Gasteiger partial charge >= 0.3 is 0 Å². The quantitative estimate of drug-likeness (QED) is 0.499. The number of ether oxygens (including phenoxy) is 2. The first kappa shape index (κ1) is 19.0. The van der Waals surface area contributed by atoms with E-state index in [1.807, 2.05) is 62.6 Å². The van der Waals surface area contributed by atoms with Crippen molar-refractivity contribution in [2.45, 2.75) is 19.4 Å². The lowest BCUT2D eigenvalue weighted by Crippen LogP contribution is -2.17. The largest absolute Gasteiger partial charge is 0.490 e. The highest BCUT2D eigenvalue weighted by Gasteiger charge is 2.19. The zero-order valence-electron chi connectivity index (χ0n) is 17.3. The highest BCUT2D eigenvalue weighted by atomic mass is 16.5. The zero-order valence-corrected chi connectivity index (χ0v) is 17.3. The molecule has 4 bridgehead atoms. The van der Waals surface area contributed by atoms with Gasteiger partial charge in [-0.15, -0.1) is 0 Å². The van der Waals surface area contributed by atoms with Crippen LogP contribution in [-0.4, -0.2) is 37.4 Å². The van der Waals surface area contributed by atoms with Gasteiger partial charge < -0.3 is 14.8 Å². The molecule has 0 unspecified atom stereocenters. The van der Waals surface area contributed by atoms with Crippen LogP contribution in [0.4, 0.5) is 11.6 Å². The van der Waals surface area contributed by atoms with E-state index in [2.05, 4.69) is 20.4 Å². The molecule has 0 fully saturated rings. The summed E-state index contributed by atoms with van der Waals surface area (Å²) >= 11 is 0. The number of aromatic nitrogens is 5. The Balaban J connectivity index is 1.67. The number of hydrogen-bond acceptors (Lipinski definition) is 7. The maximum atomic E-state index is 6.05. The van der Waals surface area contributed by atoms with Crippen LogP contribution in [0.3, 0.4) is 0 Å². The van der Waals surface area contributed by atoms with Gasteiger partial charge in [-0.2, -0.15) is 5.10 Å². The number of benzene rings is 1. The fourth-order valence-corrected chi connectivity index (χ4v) is 3.47. The number of nitrogens with zero attached hydrogens (tertiary/aromatic N) is 5. The normalized spacial score (nSPS) is 15.6. The van der Waals surface area contributed by atoms with Crippen molar-refractivity contribution in [3.63, 3.8) is 0 Å². The SMILES string of the molecule is C[C@H]1CCOc2c(cnn2C)-c2ncc(-c3ccccc3)c(n2)Nc2cc(ccn2)O1. The number of pyridine rings is 1. The van der Waals surface area contributed by atoms with Gasteiger partial charge in [-0.25, -0.2) is 19.6 Å². The zero-order chi connectivity index (χ0) is 21.2. The van der Waals surface area contributed by atoms with Gasteiger partial charge in [0.2, 0.25) is 5.88 Å². The maximum Gasteiger partial charge on any atom is 0.222 e. The number of hydrogen-bond donors (Lipinski definition) is 1. The Morgan fingerprint density at radius 1 is 1.06 bits per heavy atom. The molecule has 0 spiro atoms. The molecule has 1 N–H and O–H groups in total. The second-order valence-electron chi connectivity index (χ2n) is 7.38. The predicted molar refractivity (Wildman–Crippen MR) is 117 cm³/mol. The van der Waals surface area contributed by atoms with E-state index in [1.54, 1.807) is 17.1 Å². The van der Waals surface area contributed by atoms with Crippen molar-refractivity contribution in [2.75, 3.05) is 11.9 Å². The van der Waals surface area contributed by atoms with Crippen LogP contribution in [0.15, 0.2) is 61.1 Å². The summed E-state index contributed by atoms with van der Waals surface area (Å²) in [4.78, 5) is 13.9. The summed E-state index contributed by atoms with van der Waals surface area (Å²) in [7, 11) is 1.84. The van der Waals surface area contributed by atoms with Gasteiger partial charge in [0.1, 0.15) is 22.9 Å². The Kier molecular flexibility index (Phi) is 4.95. The molecular weight excluding hydrogens is 392 g/mol. The Labute approximate surface area is 179 Å². The van der Waals surface area contributed by atoms with Crippen molar-refractivity contribution < 1.29 is 9.47 Å². The van der Waals surface area contributed by atoms with Gasteiger partial charge in [0.25, 0.3) is 0 Å². The summed E-state index contributed by atoms with van der Waals surface area (Å²) in [6, 6.07) is 13.7. The van der Waals surface area contributed by atoms with Crippen LogP contribution in [0, 0.1) is 0 Å². The highest BCUT2D eigenvalue weighted by molar-refractivity contribution is 5.79. The second-order valence-corrected chi connectivity index (χ2v) is 7.38. The maximum absolute atomic E-state index is 6.05. The molecule has 0 amide bonds. The van der Waals surface area contributed by atoms with Crippen LogP contribution in [-0.2, 0) is 7.05 Å². The summed E-state index contributed by atoms with van der Waals surface area (Å²) < 4.78 is 13.8. The van der Waals surface area contributed by atoms with Crippen LogP contribution in [0.5, 0.6) is 11.6 Å². The summed E-state index contributed by atoms with van der Waals surface area (Å²) in [6.07, 6.45) is 5.95. The molecule has 8 nitrogen and oxygen atoms in total. The average Bonchev–Trinajstić information content (AvgIpc) is 3.14. The second kappa shape index (κ2) is 8.06. The summed E-state index contributed by atoms with van der Waals surface area (Å²) in [5, 5.41) is 7.70. The Bertz CT molecular complexity index is 1210. The van der Waals surface area contributed by atoms with Gasteiger partial charge in [-0.3, -0.25) is 0 Å². The Morgan fingerprint density at radius 3 is 2.81 bits per heavy atom. The summed E-state index contributed by atoms with van der Waals surface area (Å²) in [6.45, 7) is 2.50. The summed E-state index contributed by atoms with van der Waals surface area (Å²) in [5.74, 6) is 3.17. The van der Waals surface area contributed by atoms with E-state index >= 15 is 0 Å². The van der Waals surface area contributed by atoms with Crippen LogP contribution in [0.25, 0.3) is 22.5 Å². The lowest BCUT2D eigenvalue weighted by molar-refractivity contribution is 0.172. The highest BCUT2D eigenvalue weighted by Crippen LogP contribution is 2.33. The molecular formula is C23H22N6O2. The minimum absolute atomic E-state index is 0.0242. The van der Waals surface area contributed by atoms with Crippen molar-refractivity contribution in [3.05, 3.63) is 61.1 Å². The van der Waals surface area contributed by atoms with E-state index < -0.39 is 0 Å². The molecule has 1 atom stereocenters. The van der Waals surface area contributed by atoms with E-state index in [9.17, 15) is 0 Å². The average molecular weight is 414 g/mol. The smallest absolute Gasteiger partial charge is 0.222 e. The molecule has 1 aromatic carbocycles. The van der Waals surface area contributed by atoms with Crippen molar-refractivity contribution in [1.29, 1.82) is 0 Å². The van der Waals surface area contributed by atoms with E-state index in [4.69, 9.17) is 14.5 Å². The molecule has 0 aliphatic carbocycles. The van der Waals surface area contributed by atoms with Crippen molar-refractivity contribution in [1.82, 2.24) is 24.7 Å². The summed E-state index contributed by atoms with van der Waals surface area (Å²) in [5.41, 5.74) is 2.60. The van der Waals surface area contributed by atoms with Gasteiger partial charge in [0.05, 0.1) is 18.9 Å². The number of fused-ring (bicyclic) bond motifs is 6. The Morgan fingerprint density at radius 2 is 1.94 bits per heavy atom. The topological polar surface area (TPSA) is 87.0 Å². The molecule has 8 heteroatoms. The van der Waals surface area contributed by atoms with Gasteiger partial charge in [-0.05, 0) is 18.6 Å². The first-order valence-electron chi connectivity index (χ1n) is 10.1. The molecule has 4 heterocycles. The molecule has 0 saturated carbocycles. The number of aryl methyl sites for hydroxylation is 1. The van der Waals surface area contributed by atoms with Gasteiger partial charge in [0, 0.05) is 37.5 Å². The minimum Gasteiger partial charge on any atom is -0.490 e. The monoisotopic (exact) mass is 414 g/mol. The molecule has 31 heavy (non-hydrogen) atoms. The van der Waals surface area contributed by atoms with Crippen LogP contribution in [0.1, 0.15) is 13.3 Å². The van der Waals surface area contributed by atoms with Gasteiger partial charge in [0.15, 0.2) is 5.82 Å². The van der Waals surface area contributed by atoms with Crippen LogP contribution in [0.2, 0.25) is 0 Å². The lowest BCUT2D eigenvalue weighted by Gasteiger charge is -2.18. The molecule has 0 saturated heterocycles. The van der Waals surface area contributed by atoms with Crippen molar-refractivity contribution in [3.8, 4) is 34.1 Å². The first-order valence-corrected chi connectivity index (χ1v) is 10.1. The van der Waals surface area contributed by atoms with Crippen molar-refractivity contribution >= 4 is 11.6 Å². The predicted octanol–water partition coefficient (Wildman–Crippen LogP) is 4.23. The molecule has 1 aliphatic heterocycles. The van der Waals surface area contributed by atoms with Crippen molar-refractivity contribution in [2.24, 2.45) is 7.05 Å². The van der Waals surface area contributed by atoms with Crippen LogP contribution < -0.4 is 14.8 Å².